The summed E-state index contributed by atoms with van der Waals surface area (Å²) in [4.78, 5) is 9.25. The molecule has 0 unspecified atom stereocenters. The lowest BCUT2D eigenvalue weighted by atomic mass is 10.3. The first-order valence-corrected chi connectivity index (χ1v) is 7.13. The molecule has 2 N–H and O–H groups in total. The fourth-order valence-electron chi connectivity index (χ4n) is 1.71. The SMILES string of the molecule is Cc1cc(N)sc1-c1nc(-c2ncc(Cl)cc2Cl)no1. The van der Waals surface area contributed by atoms with Crippen molar-refractivity contribution in [3.05, 3.63) is 33.9 Å². The highest BCUT2D eigenvalue weighted by molar-refractivity contribution is 7.19. The Hall–Kier alpha value is -1.63. The molecule has 3 rings (SSSR count). The van der Waals surface area contributed by atoms with Gasteiger partial charge in [-0.25, -0.2) is 4.98 Å². The maximum absolute atomic E-state index is 6.07. The third-order valence-corrected chi connectivity index (χ3v) is 4.13. The molecule has 3 heterocycles. The predicted octanol–water partition coefficient (Wildman–Crippen LogP) is 4.06. The van der Waals surface area contributed by atoms with Crippen molar-refractivity contribution in [3.63, 3.8) is 0 Å². The summed E-state index contributed by atoms with van der Waals surface area (Å²) in [6.07, 6.45) is 1.48. The van der Waals surface area contributed by atoms with Crippen LogP contribution in [0.2, 0.25) is 10.0 Å². The van der Waals surface area contributed by atoms with E-state index in [9.17, 15) is 0 Å². The van der Waals surface area contributed by atoms with Crippen LogP contribution in [0.15, 0.2) is 22.9 Å². The molecule has 3 aromatic rings. The number of pyridine rings is 1. The number of rotatable bonds is 2. The van der Waals surface area contributed by atoms with Gasteiger partial charge in [-0.05, 0) is 24.6 Å². The van der Waals surface area contributed by atoms with Gasteiger partial charge in [0, 0.05) is 6.20 Å². The Morgan fingerprint density at radius 3 is 2.75 bits per heavy atom. The number of aromatic nitrogens is 3. The largest absolute Gasteiger partial charge is 0.391 e. The highest BCUT2D eigenvalue weighted by atomic mass is 35.5. The monoisotopic (exact) mass is 326 g/mol. The summed E-state index contributed by atoms with van der Waals surface area (Å²) in [5, 5.41) is 5.40. The Morgan fingerprint density at radius 2 is 2.10 bits per heavy atom. The van der Waals surface area contributed by atoms with Crippen LogP contribution in [0.4, 0.5) is 5.00 Å². The predicted molar refractivity (Wildman–Crippen MR) is 80.0 cm³/mol. The first-order chi connectivity index (χ1) is 9.54. The van der Waals surface area contributed by atoms with E-state index in [1.165, 1.54) is 17.5 Å². The van der Waals surface area contributed by atoms with Gasteiger partial charge in [0.25, 0.3) is 5.89 Å². The quantitative estimate of drug-likeness (QED) is 0.768. The fraction of sp³-hybridized carbons (Fsp3) is 0.0833. The minimum atomic E-state index is 0.313. The van der Waals surface area contributed by atoms with Crippen LogP contribution >= 0.6 is 34.5 Å². The van der Waals surface area contributed by atoms with Crippen molar-refractivity contribution in [1.82, 2.24) is 15.1 Å². The molecule has 0 aliphatic rings. The third-order valence-electron chi connectivity index (χ3n) is 2.58. The van der Waals surface area contributed by atoms with Gasteiger partial charge in [0.1, 0.15) is 5.69 Å². The van der Waals surface area contributed by atoms with Crippen LogP contribution in [0.5, 0.6) is 0 Å². The van der Waals surface area contributed by atoms with E-state index in [-0.39, 0.29) is 0 Å². The maximum atomic E-state index is 6.07. The first-order valence-electron chi connectivity index (χ1n) is 5.56. The summed E-state index contributed by atoms with van der Waals surface area (Å²) >= 11 is 13.3. The second-order valence-electron chi connectivity index (χ2n) is 4.07. The second-order valence-corrected chi connectivity index (χ2v) is 6.00. The fourth-order valence-corrected chi connectivity index (χ4v) is 3.04. The lowest BCUT2D eigenvalue weighted by Crippen LogP contribution is -1.87. The van der Waals surface area contributed by atoms with Crippen molar-refractivity contribution in [2.75, 3.05) is 5.73 Å². The number of anilines is 1. The van der Waals surface area contributed by atoms with E-state index in [0.29, 0.717) is 32.5 Å². The Balaban J connectivity index is 2.04. The zero-order valence-electron chi connectivity index (χ0n) is 10.2. The molecule has 5 nitrogen and oxygen atoms in total. The Morgan fingerprint density at radius 1 is 1.30 bits per heavy atom. The number of aryl methyl sites for hydroxylation is 1. The molecular formula is C12H8Cl2N4OS. The van der Waals surface area contributed by atoms with E-state index in [0.717, 1.165) is 10.4 Å². The van der Waals surface area contributed by atoms with Gasteiger partial charge in [0.2, 0.25) is 5.82 Å². The normalized spacial score (nSPS) is 10.9. The minimum absolute atomic E-state index is 0.313. The molecule has 20 heavy (non-hydrogen) atoms. The Labute approximate surface area is 128 Å². The van der Waals surface area contributed by atoms with E-state index in [1.807, 2.05) is 13.0 Å². The molecule has 8 heteroatoms. The van der Waals surface area contributed by atoms with E-state index < -0.39 is 0 Å². The average Bonchev–Trinajstić information content (AvgIpc) is 2.96. The zero-order valence-corrected chi connectivity index (χ0v) is 12.6. The van der Waals surface area contributed by atoms with Gasteiger partial charge in [0.05, 0.1) is 19.9 Å². The molecule has 0 amide bonds. The van der Waals surface area contributed by atoms with Gasteiger partial charge in [-0.2, -0.15) is 4.98 Å². The van der Waals surface area contributed by atoms with Crippen molar-refractivity contribution < 1.29 is 4.52 Å². The van der Waals surface area contributed by atoms with Crippen molar-refractivity contribution in [2.24, 2.45) is 0 Å². The number of thiophene rings is 1. The standard InChI is InChI=1S/C12H8Cl2N4OS/c1-5-2-8(15)20-10(5)12-17-11(18-19-12)9-7(14)3-6(13)4-16-9/h2-4H,15H2,1H3. The molecule has 3 aromatic heterocycles. The van der Waals surface area contributed by atoms with Gasteiger partial charge in [0.15, 0.2) is 0 Å². The lowest BCUT2D eigenvalue weighted by molar-refractivity contribution is 0.433. The van der Waals surface area contributed by atoms with Crippen molar-refractivity contribution >= 4 is 39.5 Å². The van der Waals surface area contributed by atoms with Crippen molar-refractivity contribution in [2.45, 2.75) is 6.92 Å². The smallest absolute Gasteiger partial charge is 0.268 e. The molecule has 0 bridgehead atoms. The van der Waals surface area contributed by atoms with E-state index in [2.05, 4.69) is 15.1 Å². The lowest BCUT2D eigenvalue weighted by Gasteiger charge is -1.97. The van der Waals surface area contributed by atoms with Gasteiger partial charge < -0.3 is 10.3 Å². The van der Waals surface area contributed by atoms with Crippen LogP contribution < -0.4 is 5.73 Å². The topological polar surface area (TPSA) is 77.8 Å². The summed E-state index contributed by atoms with van der Waals surface area (Å²) in [5.74, 6) is 0.708. The van der Waals surface area contributed by atoms with Gasteiger partial charge >= 0.3 is 0 Å². The summed E-state index contributed by atoms with van der Waals surface area (Å²) < 4.78 is 5.25. The highest BCUT2D eigenvalue weighted by Gasteiger charge is 2.17. The molecule has 0 spiro atoms. The number of nitrogens with two attached hydrogens (primary N) is 1. The van der Waals surface area contributed by atoms with Crippen LogP contribution in [0, 0.1) is 6.92 Å². The molecule has 0 atom stereocenters. The van der Waals surface area contributed by atoms with E-state index in [4.69, 9.17) is 33.5 Å². The number of hydrogen-bond acceptors (Lipinski definition) is 6. The van der Waals surface area contributed by atoms with Gasteiger partial charge in [-0.3, -0.25) is 0 Å². The van der Waals surface area contributed by atoms with Crippen LogP contribution in [-0.4, -0.2) is 15.1 Å². The number of nitrogens with zero attached hydrogens (tertiary/aromatic N) is 3. The first kappa shape index (κ1) is 13.4. The summed E-state index contributed by atoms with van der Waals surface area (Å²) in [6, 6.07) is 3.44. The summed E-state index contributed by atoms with van der Waals surface area (Å²) in [6.45, 7) is 1.93. The molecule has 0 aliphatic heterocycles. The van der Waals surface area contributed by atoms with Gasteiger partial charge in [-0.1, -0.05) is 28.4 Å². The molecule has 0 aliphatic carbocycles. The zero-order chi connectivity index (χ0) is 14.3. The maximum Gasteiger partial charge on any atom is 0.268 e. The van der Waals surface area contributed by atoms with Crippen LogP contribution in [-0.2, 0) is 0 Å². The number of halogens is 2. The van der Waals surface area contributed by atoms with Crippen LogP contribution in [0.25, 0.3) is 22.3 Å². The molecular weight excluding hydrogens is 319 g/mol. The molecule has 0 fully saturated rings. The minimum Gasteiger partial charge on any atom is -0.391 e. The molecule has 102 valence electrons. The summed E-state index contributed by atoms with van der Waals surface area (Å²) in [7, 11) is 0. The number of hydrogen-bond donors (Lipinski definition) is 1. The number of nitrogen functional groups attached to an aromatic ring is 1. The second kappa shape index (κ2) is 5.05. The molecule has 0 aromatic carbocycles. The third kappa shape index (κ3) is 2.37. The molecule has 0 radical (unpaired) electrons. The van der Waals surface area contributed by atoms with E-state index in [1.54, 1.807) is 6.07 Å². The van der Waals surface area contributed by atoms with Crippen molar-refractivity contribution in [1.29, 1.82) is 0 Å². The summed E-state index contributed by atoms with van der Waals surface area (Å²) in [5.41, 5.74) is 7.16. The van der Waals surface area contributed by atoms with Crippen molar-refractivity contribution in [3.8, 4) is 22.3 Å². The van der Waals surface area contributed by atoms with Gasteiger partial charge in [-0.15, -0.1) is 11.3 Å². The van der Waals surface area contributed by atoms with Crippen LogP contribution in [0.3, 0.4) is 0 Å². The molecule has 0 saturated heterocycles. The van der Waals surface area contributed by atoms with E-state index >= 15 is 0 Å². The Bertz CT molecular complexity index is 784. The molecule has 0 saturated carbocycles. The van der Waals surface area contributed by atoms with Crippen LogP contribution in [0.1, 0.15) is 5.56 Å². The Kier molecular flexibility index (Phi) is 3.37. The highest BCUT2D eigenvalue weighted by Crippen LogP contribution is 2.34. The average molecular weight is 327 g/mol.